The predicted octanol–water partition coefficient (Wildman–Crippen LogP) is 2.61. The number of pyridine rings is 1. The van der Waals surface area contributed by atoms with Gasteiger partial charge in [0.05, 0.1) is 12.2 Å². The maximum atomic E-state index is 4.62. The van der Waals surface area contributed by atoms with E-state index >= 15 is 0 Å². The first-order chi connectivity index (χ1) is 11.3. The lowest BCUT2D eigenvalue weighted by Gasteiger charge is -2.10. The molecule has 3 aromatic rings. The van der Waals surface area contributed by atoms with Gasteiger partial charge in [-0.05, 0) is 36.9 Å². The minimum Gasteiger partial charge on any atom is -0.356 e. The zero-order chi connectivity index (χ0) is 16.1. The van der Waals surface area contributed by atoms with E-state index in [4.69, 9.17) is 0 Å². The number of aromatic nitrogens is 2. The molecule has 0 saturated carbocycles. The molecule has 0 bridgehead atoms. The van der Waals surface area contributed by atoms with Crippen molar-refractivity contribution in [1.29, 1.82) is 0 Å². The van der Waals surface area contributed by atoms with Crippen LogP contribution in [-0.4, -0.2) is 28.9 Å². The SMILES string of the molecule is CN=C(NCCc1cccs1)NCc1cn2c(C)cccc2n1. The Bertz CT molecular complexity index is 789. The second-order valence-electron chi connectivity index (χ2n) is 5.31. The first-order valence-electron chi connectivity index (χ1n) is 7.67. The molecule has 6 heteroatoms. The minimum absolute atomic E-state index is 0.653. The molecule has 0 radical (unpaired) electrons. The lowest BCUT2D eigenvalue weighted by molar-refractivity contribution is 0.790. The molecule has 0 spiro atoms. The van der Waals surface area contributed by atoms with E-state index in [2.05, 4.69) is 61.7 Å². The molecule has 0 saturated heterocycles. The van der Waals surface area contributed by atoms with Crippen LogP contribution in [0.3, 0.4) is 0 Å². The average Bonchev–Trinajstić information content (AvgIpc) is 3.20. The van der Waals surface area contributed by atoms with Crippen molar-refractivity contribution in [3.63, 3.8) is 0 Å². The fourth-order valence-electron chi connectivity index (χ4n) is 2.44. The minimum atomic E-state index is 0.653. The highest BCUT2D eigenvalue weighted by atomic mass is 32.1. The Morgan fingerprint density at radius 2 is 2.17 bits per heavy atom. The van der Waals surface area contributed by atoms with E-state index in [-0.39, 0.29) is 0 Å². The van der Waals surface area contributed by atoms with Gasteiger partial charge >= 0.3 is 0 Å². The number of nitrogens with zero attached hydrogens (tertiary/aromatic N) is 3. The summed E-state index contributed by atoms with van der Waals surface area (Å²) in [4.78, 5) is 10.3. The van der Waals surface area contributed by atoms with Crippen molar-refractivity contribution in [3.05, 3.63) is 58.2 Å². The second kappa shape index (κ2) is 7.28. The summed E-state index contributed by atoms with van der Waals surface area (Å²) in [6.45, 7) is 3.60. The van der Waals surface area contributed by atoms with Crippen LogP contribution in [0.25, 0.3) is 5.65 Å². The van der Waals surface area contributed by atoms with Crippen LogP contribution in [0, 0.1) is 6.92 Å². The van der Waals surface area contributed by atoms with Gasteiger partial charge in [0.15, 0.2) is 5.96 Å². The summed E-state index contributed by atoms with van der Waals surface area (Å²) >= 11 is 1.78. The van der Waals surface area contributed by atoms with Crippen LogP contribution >= 0.6 is 11.3 Å². The molecule has 2 N–H and O–H groups in total. The van der Waals surface area contributed by atoms with Gasteiger partial charge in [0.1, 0.15) is 5.65 Å². The molecule has 0 atom stereocenters. The molecule has 0 aliphatic carbocycles. The molecule has 0 unspecified atom stereocenters. The van der Waals surface area contributed by atoms with E-state index in [9.17, 15) is 0 Å². The van der Waals surface area contributed by atoms with Crippen LogP contribution in [0.2, 0.25) is 0 Å². The summed E-state index contributed by atoms with van der Waals surface area (Å²) in [5.41, 5.74) is 3.16. The Kier molecular flexibility index (Phi) is 4.92. The third-order valence-electron chi connectivity index (χ3n) is 3.65. The largest absolute Gasteiger partial charge is 0.356 e. The number of hydrogen-bond acceptors (Lipinski definition) is 3. The van der Waals surface area contributed by atoms with E-state index in [0.29, 0.717) is 6.54 Å². The number of aryl methyl sites for hydroxylation is 1. The lowest BCUT2D eigenvalue weighted by Crippen LogP contribution is -2.37. The van der Waals surface area contributed by atoms with Gasteiger partial charge in [-0.2, -0.15) is 0 Å². The van der Waals surface area contributed by atoms with Crippen LogP contribution in [0.1, 0.15) is 16.3 Å². The maximum absolute atomic E-state index is 4.62. The molecule has 0 amide bonds. The summed E-state index contributed by atoms with van der Waals surface area (Å²) in [6.07, 6.45) is 3.07. The molecule has 0 aromatic carbocycles. The molecule has 0 aliphatic rings. The highest BCUT2D eigenvalue weighted by Gasteiger charge is 2.04. The van der Waals surface area contributed by atoms with E-state index < -0.39 is 0 Å². The van der Waals surface area contributed by atoms with Crippen LogP contribution < -0.4 is 10.6 Å². The molecule has 23 heavy (non-hydrogen) atoms. The number of hydrogen-bond donors (Lipinski definition) is 2. The number of guanidine groups is 1. The monoisotopic (exact) mass is 327 g/mol. The first kappa shape index (κ1) is 15.6. The van der Waals surface area contributed by atoms with Gasteiger partial charge in [-0.1, -0.05) is 12.1 Å². The molecule has 0 aliphatic heterocycles. The van der Waals surface area contributed by atoms with Crippen LogP contribution in [0.15, 0.2) is 46.9 Å². The van der Waals surface area contributed by atoms with Gasteiger partial charge < -0.3 is 15.0 Å². The van der Waals surface area contributed by atoms with E-state index in [0.717, 1.165) is 30.3 Å². The van der Waals surface area contributed by atoms with Crippen molar-refractivity contribution < 1.29 is 0 Å². The Morgan fingerprint density at radius 1 is 1.26 bits per heavy atom. The van der Waals surface area contributed by atoms with Gasteiger partial charge in [-0.3, -0.25) is 4.99 Å². The van der Waals surface area contributed by atoms with Crippen molar-refractivity contribution in [3.8, 4) is 0 Å². The summed E-state index contributed by atoms with van der Waals surface area (Å²) in [6, 6.07) is 10.4. The van der Waals surface area contributed by atoms with Crippen LogP contribution in [-0.2, 0) is 13.0 Å². The van der Waals surface area contributed by atoms with Crippen molar-refractivity contribution in [1.82, 2.24) is 20.0 Å². The molecule has 3 aromatic heterocycles. The zero-order valence-corrected chi connectivity index (χ0v) is 14.2. The van der Waals surface area contributed by atoms with E-state index in [1.165, 1.54) is 10.6 Å². The molecule has 0 fully saturated rings. The summed E-state index contributed by atoms with van der Waals surface area (Å²) in [5.74, 6) is 0.801. The van der Waals surface area contributed by atoms with Crippen molar-refractivity contribution in [2.24, 2.45) is 4.99 Å². The molecular formula is C17H21N5S. The highest BCUT2D eigenvalue weighted by Crippen LogP contribution is 2.09. The van der Waals surface area contributed by atoms with Gasteiger partial charge in [0.2, 0.25) is 0 Å². The molecule has 5 nitrogen and oxygen atoms in total. The summed E-state index contributed by atoms with van der Waals surface area (Å²) in [5, 5.41) is 8.75. The van der Waals surface area contributed by atoms with Gasteiger partial charge in [-0.15, -0.1) is 11.3 Å². The number of aliphatic imine (C=N–C) groups is 1. The quantitative estimate of drug-likeness (QED) is 0.559. The van der Waals surface area contributed by atoms with Crippen LogP contribution in [0.4, 0.5) is 0 Å². The van der Waals surface area contributed by atoms with E-state index in [1.807, 2.05) is 12.1 Å². The molecular weight excluding hydrogens is 306 g/mol. The topological polar surface area (TPSA) is 53.7 Å². The smallest absolute Gasteiger partial charge is 0.191 e. The van der Waals surface area contributed by atoms with Gasteiger partial charge in [-0.25, -0.2) is 4.98 Å². The first-order valence-corrected chi connectivity index (χ1v) is 8.55. The predicted molar refractivity (Wildman–Crippen MR) is 96.2 cm³/mol. The number of rotatable bonds is 5. The second-order valence-corrected chi connectivity index (χ2v) is 6.34. The Morgan fingerprint density at radius 3 is 2.91 bits per heavy atom. The zero-order valence-electron chi connectivity index (χ0n) is 13.4. The highest BCUT2D eigenvalue weighted by molar-refractivity contribution is 7.09. The molecule has 120 valence electrons. The number of fused-ring (bicyclic) bond motifs is 1. The fraction of sp³-hybridized carbons (Fsp3) is 0.294. The van der Waals surface area contributed by atoms with Crippen LogP contribution in [0.5, 0.6) is 0 Å². The summed E-state index contributed by atoms with van der Waals surface area (Å²) < 4.78 is 2.10. The number of imidazole rings is 1. The maximum Gasteiger partial charge on any atom is 0.191 e. The van der Waals surface area contributed by atoms with Gasteiger partial charge in [0, 0.05) is 30.4 Å². The Balaban J connectivity index is 1.53. The Labute approximate surface area is 140 Å². The fourth-order valence-corrected chi connectivity index (χ4v) is 3.15. The van der Waals surface area contributed by atoms with E-state index in [1.54, 1.807) is 18.4 Å². The number of thiophene rings is 1. The van der Waals surface area contributed by atoms with Crippen molar-refractivity contribution >= 4 is 22.9 Å². The van der Waals surface area contributed by atoms with Crippen molar-refractivity contribution in [2.75, 3.05) is 13.6 Å². The summed E-state index contributed by atoms with van der Waals surface area (Å²) in [7, 11) is 1.79. The third kappa shape index (κ3) is 3.90. The molecule has 3 heterocycles. The van der Waals surface area contributed by atoms with Crippen molar-refractivity contribution in [2.45, 2.75) is 19.9 Å². The standard InChI is InChI=1S/C17H21N5S/c1-13-5-3-7-16-21-14(12-22(13)16)11-20-17(18-2)19-9-8-15-6-4-10-23-15/h3-7,10,12H,8-9,11H2,1-2H3,(H2,18,19,20). The normalized spacial score (nSPS) is 11.8. The Hall–Kier alpha value is -2.34. The molecule has 3 rings (SSSR count). The van der Waals surface area contributed by atoms with Gasteiger partial charge in [0.25, 0.3) is 0 Å². The number of nitrogens with one attached hydrogen (secondary N) is 2. The average molecular weight is 327 g/mol. The third-order valence-corrected chi connectivity index (χ3v) is 4.59. The lowest BCUT2D eigenvalue weighted by atomic mass is 10.3.